The van der Waals surface area contributed by atoms with Gasteiger partial charge in [0, 0.05) is 45.2 Å². The first kappa shape index (κ1) is 45.7. The van der Waals surface area contributed by atoms with Crippen LogP contribution in [0.2, 0.25) is 10.0 Å². The summed E-state index contributed by atoms with van der Waals surface area (Å²) in [5, 5.41) is 41.8. The van der Waals surface area contributed by atoms with Crippen molar-refractivity contribution in [3.63, 3.8) is 0 Å². The van der Waals surface area contributed by atoms with Crippen LogP contribution in [0.5, 0.6) is 0 Å². The highest BCUT2D eigenvalue weighted by Gasteiger charge is 2.49. The predicted molar refractivity (Wildman–Crippen MR) is 216 cm³/mol. The molecule has 14 nitrogen and oxygen atoms in total. The van der Waals surface area contributed by atoms with Gasteiger partial charge in [-0.1, -0.05) is 77.8 Å². The van der Waals surface area contributed by atoms with Crippen molar-refractivity contribution >= 4 is 58.8 Å². The minimum absolute atomic E-state index is 0.0436. The highest BCUT2D eigenvalue weighted by atomic mass is 35.5. The van der Waals surface area contributed by atoms with Crippen LogP contribution in [0.1, 0.15) is 84.8 Å². The van der Waals surface area contributed by atoms with Gasteiger partial charge in [-0.25, -0.2) is 9.80 Å². The molecule has 2 heterocycles. The van der Waals surface area contributed by atoms with E-state index in [4.69, 9.17) is 43.6 Å². The monoisotopic (exact) mass is 840 g/mol. The Hall–Kier alpha value is -5.02. The first-order chi connectivity index (χ1) is 27.6. The van der Waals surface area contributed by atoms with Gasteiger partial charge in [0.2, 0.25) is 11.8 Å². The number of halogens is 2. The summed E-state index contributed by atoms with van der Waals surface area (Å²) in [5.41, 5.74) is 0.222. The number of carbonyl (C=O) groups excluding carboxylic acids is 3. The van der Waals surface area contributed by atoms with E-state index in [-0.39, 0.29) is 17.7 Å². The highest BCUT2D eigenvalue weighted by Crippen LogP contribution is 2.34. The van der Waals surface area contributed by atoms with E-state index in [0.717, 1.165) is 55.2 Å². The predicted octanol–water partition coefficient (Wildman–Crippen LogP) is 5.46. The smallest absolute Gasteiger partial charge is 0.336 e. The van der Waals surface area contributed by atoms with E-state index >= 15 is 0 Å². The fourth-order valence-electron chi connectivity index (χ4n) is 7.29. The zero-order valence-electron chi connectivity index (χ0n) is 32.4. The van der Waals surface area contributed by atoms with E-state index in [1.54, 1.807) is 12.1 Å². The normalized spacial score (nSPS) is 15.4. The Labute approximate surface area is 347 Å². The van der Waals surface area contributed by atoms with Crippen LogP contribution < -0.4 is 5.32 Å². The lowest BCUT2D eigenvalue weighted by molar-refractivity contribution is -0.170. The number of hydrogen-bond acceptors (Lipinski definition) is 8. The molecule has 3 aromatic rings. The van der Waals surface area contributed by atoms with E-state index in [1.807, 2.05) is 82.7 Å². The number of aliphatic hydroxyl groups is 1. The number of benzene rings is 3. The van der Waals surface area contributed by atoms with Crippen molar-refractivity contribution in [3.8, 4) is 0 Å². The van der Waals surface area contributed by atoms with E-state index in [0.29, 0.717) is 61.1 Å². The molecule has 5 rings (SSSR count). The van der Waals surface area contributed by atoms with Crippen LogP contribution >= 0.6 is 23.2 Å². The maximum atomic E-state index is 13.8. The van der Waals surface area contributed by atoms with Gasteiger partial charge in [-0.3, -0.25) is 29.0 Å². The molecular formula is C42H50Cl2N4O10. The fourth-order valence-corrected chi connectivity index (χ4v) is 7.61. The lowest BCUT2D eigenvalue weighted by atomic mass is 9.83. The standard InChI is InChI=1S/C36H42Cl2N4O3.C6H8O7/c1-40(34(44)30-16-8-7-15-29(30)14-6-5-11-27-18-19-31(37)32(38)25-27)41-23-20-36(21-24-41,42-22-10-9-17-33(42)43)35(45)39-26-28-12-3-2-4-13-28;7-3(8)1-6(13,5(11)12)2-4(9)10/h2-4,7-8,12-13,15-16,18-19,25H,5-6,9-11,14,17,20-24,26H2,1H3,(H,39,45);13H,1-2H2,(H,7,8)(H,9,10)(H,11,12). The van der Waals surface area contributed by atoms with E-state index in [2.05, 4.69) is 5.32 Å². The molecule has 3 aromatic carbocycles. The molecule has 3 amide bonds. The SMILES string of the molecule is CN(C(=O)c1ccccc1CCCCc1ccc(Cl)c(Cl)c1)N1CCC(C(=O)NCc2ccccc2)(N2CCCCC2=O)CC1.O=C(O)CC(O)(CC(=O)O)C(=O)O. The second-order valence-electron chi connectivity index (χ2n) is 14.6. The quantitative estimate of drug-likeness (QED) is 0.115. The van der Waals surface area contributed by atoms with E-state index < -0.39 is 41.9 Å². The summed E-state index contributed by atoms with van der Waals surface area (Å²) in [7, 11) is 1.80. The molecule has 0 aromatic heterocycles. The van der Waals surface area contributed by atoms with Gasteiger partial charge in [0.1, 0.15) is 5.54 Å². The molecule has 0 aliphatic carbocycles. The number of nitrogens with one attached hydrogen (secondary N) is 1. The van der Waals surface area contributed by atoms with Crippen molar-refractivity contribution in [2.45, 2.75) is 88.3 Å². The number of rotatable bonds is 16. The zero-order valence-corrected chi connectivity index (χ0v) is 33.9. The first-order valence-electron chi connectivity index (χ1n) is 19.1. The molecule has 0 saturated carbocycles. The number of likely N-dealkylation sites (tertiary alicyclic amines) is 1. The summed E-state index contributed by atoms with van der Waals surface area (Å²) in [4.78, 5) is 73.1. The fraction of sp³-hybridized carbons (Fsp3) is 0.429. The third-order valence-corrected chi connectivity index (χ3v) is 11.3. The van der Waals surface area contributed by atoms with Crippen LogP contribution in [0.3, 0.4) is 0 Å². The number of carboxylic acids is 3. The summed E-state index contributed by atoms with van der Waals surface area (Å²) >= 11 is 12.2. The summed E-state index contributed by atoms with van der Waals surface area (Å²) in [6, 6.07) is 23.4. The Balaban J connectivity index is 0.000000492. The molecule has 0 bridgehead atoms. The summed E-state index contributed by atoms with van der Waals surface area (Å²) < 4.78 is 0. The maximum Gasteiger partial charge on any atom is 0.336 e. The van der Waals surface area contributed by atoms with Crippen molar-refractivity contribution < 1.29 is 49.2 Å². The number of hydrazine groups is 1. The van der Waals surface area contributed by atoms with Crippen molar-refractivity contribution in [1.82, 2.24) is 20.2 Å². The lowest BCUT2D eigenvalue weighted by Gasteiger charge is -2.50. The van der Waals surface area contributed by atoms with Crippen LogP contribution in [-0.4, -0.2) is 109 Å². The van der Waals surface area contributed by atoms with Crippen LogP contribution in [0.4, 0.5) is 0 Å². The molecule has 0 radical (unpaired) electrons. The Kier molecular flexibility index (Phi) is 16.6. The van der Waals surface area contributed by atoms with Gasteiger partial charge >= 0.3 is 17.9 Å². The zero-order chi connectivity index (χ0) is 42.5. The van der Waals surface area contributed by atoms with E-state index in [1.165, 1.54) is 0 Å². The molecular weight excluding hydrogens is 791 g/mol. The van der Waals surface area contributed by atoms with Gasteiger partial charge in [0.05, 0.1) is 22.9 Å². The molecule has 0 spiro atoms. The maximum absolute atomic E-state index is 13.8. The van der Waals surface area contributed by atoms with Crippen LogP contribution in [0.25, 0.3) is 0 Å². The van der Waals surface area contributed by atoms with Gasteiger partial charge in [-0.15, -0.1) is 0 Å². The molecule has 5 N–H and O–H groups in total. The van der Waals surface area contributed by atoms with Gasteiger partial charge in [-0.2, -0.15) is 0 Å². The number of carbonyl (C=O) groups is 6. The van der Waals surface area contributed by atoms with Gasteiger partial charge in [0.15, 0.2) is 5.60 Å². The van der Waals surface area contributed by atoms with Gasteiger partial charge in [0.25, 0.3) is 5.91 Å². The minimum Gasteiger partial charge on any atom is -0.481 e. The number of unbranched alkanes of at least 4 members (excludes halogenated alkanes) is 1. The topological polar surface area (TPSA) is 205 Å². The Morgan fingerprint density at radius 2 is 1.41 bits per heavy atom. The van der Waals surface area contributed by atoms with Crippen molar-refractivity contribution in [1.29, 1.82) is 0 Å². The summed E-state index contributed by atoms with van der Waals surface area (Å²) in [6.07, 6.45) is 4.44. The van der Waals surface area contributed by atoms with Gasteiger partial charge < -0.3 is 30.6 Å². The van der Waals surface area contributed by atoms with Crippen LogP contribution in [0, 0.1) is 0 Å². The second kappa shape index (κ2) is 21.1. The Morgan fingerprint density at radius 1 is 0.793 bits per heavy atom. The minimum atomic E-state index is -2.74. The Morgan fingerprint density at radius 3 is 2.02 bits per heavy atom. The number of aryl methyl sites for hydroxylation is 2. The molecule has 58 heavy (non-hydrogen) atoms. The largest absolute Gasteiger partial charge is 0.481 e. The second-order valence-corrected chi connectivity index (χ2v) is 15.4. The van der Waals surface area contributed by atoms with E-state index in [9.17, 15) is 28.8 Å². The molecule has 16 heteroatoms. The average molecular weight is 842 g/mol. The third-order valence-electron chi connectivity index (χ3n) is 10.5. The number of nitrogens with zero attached hydrogens (tertiary/aromatic N) is 3. The molecule has 2 fully saturated rings. The number of aliphatic carboxylic acids is 3. The average Bonchev–Trinajstić information content (AvgIpc) is 3.19. The van der Waals surface area contributed by atoms with Gasteiger partial charge in [-0.05, 0) is 86.3 Å². The molecule has 312 valence electrons. The number of hydrogen-bond donors (Lipinski definition) is 5. The number of piperidine rings is 2. The third kappa shape index (κ3) is 12.2. The summed E-state index contributed by atoms with van der Waals surface area (Å²) in [6.45, 7) is 1.99. The molecule has 2 aliphatic heterocycles. The van der Waals surface area contributed by atoms with Crippen LogP contribution in [-0.2, 0) is 43.4 Å². The molecule has 2 saturated heterocycles. The first-order valence-corrected chi connectivity index (χ1v) is 19.9. The van der Waals surface area contributed by atoms with Crippen molar-refractivity contribution in [2.75, 3.05) is 26.7 Å². The Bertz CT molecular complexity index is 1920. The highest BCUT2D eigenvalue weighted by molar-refractivity contribution is 6.42. The molecule has 0 atom stereocenters. The summed E-state index contributed by atoms with van der Waals surface area (Å²) in [5.74, 6) is -5.15. The lowest BCUT2D eigenvalue weighted by Crippen LogP contribution is -2.66. The number of amides is 3. The molecule has 2 aliphatic rings. The van der Waals surface area contributed by atoms with Crippen molar-refractivity contribution in [2.24, 2.45) is 0 Å². The van der Waals surface area contributed by atoms with Crippen molar-refractivity contribution in [3.05, 3.63) is 105 Å². The number of carboxylic acid groups (broad SMARTS) is 3. The van der Waals surface area contributed by atoms with Crippen LogP contribution in [0.15, 0.2) is 72.8 Å². The molecule has 0 unspecified atom stereocenters.